The number of nitrogens with one attached hydrogen (secondary N) is 1. The third kappa shape index (κ3) is 3.13. The van der Waals surface area contributed by atoms with Gasteiger partial charge in [0.2, 0.25) is 0 Å². The van der Waals surface area contributed by atoms with Gasteiger partial charge in [-0.3, -0.25) is 4.79 Å². The van der Waals surface area contributed by atoms with Crippen molar-refractivity contribution in [2.75, 3.05) is 5.32 Å². The van der Waals surface area contributed by atoms with Crippen molar-refractivity contribution in [1.82, 2.24) is 0 Å². The van der Waals surface area contributed by atoms with Gasteiger partial charge >= 0.3 is 0 Å². The van der Waals surface area contributed by atoms with Crippen molar-refractivity contribution in [2.45, 2.75) is 12.8 Å². The van der Waals surface area contributed by atoms with Crippen molar-refractivity contribution in [2.24, 2.45) is 0 Å². The minimum absolute atomic E-state index is 0.0903. The summed E-state index contributed by atoms with van der Waals surface area (Å²) in [6.45, 7) is 1.96. The molecule has 1 aromatic carbocycles. The van der Waals surface area contributed by atoms with Gasteiger partial charge in [-0.05, 0) is 52.2 Å². The van der Waals surface area contributed by atoms with Crippen LogP contribution in [0.25, 0.3) is 0 Å². The summed E-state index contributed by atoms with van der Waals surface area (Å²) in [5, 5.41) is 2.86. The quantitative estimate of drug-likeness (QED) is 0.795. The molecule has 0 saturated carbocycles. The van der Waals surface area contributed by atoms with Crippen LogP contribution in [-0.4, -0.2) is 5.91 Å². The minimum Gasteiger partial charge on any atom is -0.321 e. The first-order chi connectivity index (χ1) is 8.60. The molecule has 0 aliphatic carbocycles. The molecule has 2 rings (SSSR count). The van der Waals surface area contributed by atoms with Crippen molar-refractivity contribution in [3.63, 3.8) is 0 Å². The summed E-state index contributed by atoms with van der Waals surface area (Å²) in [5.74, 6) is 0.387. The number of thiophene rings is 1. The largest absolute Gasteiger partial charge is 0.321 e. The zero-order valence-corrected chi connectivity index (χ0v) is 12.8. The Hall–Kier alpha value is -0.840. The predicted octanol–water partition coefficient (Wildman–Crippen LogP) is 4.81. The van der Waals surface area contributed by atoms with Crippen LogP contribution in [0.5, 0.6) is 0 Å². The van der Waals surface area contributed by atoms with E-state index in [0.717, 1.165) is 20.6 Å². The van der Waals surface area contributed by atoms with Crippen LogP contribution in [0.4, 0.5) is 5.69 Å². The van der Waals surface area contributed by atoms with Gasteiger partial charge in [0.1, 0.15) is 0 Å². The predicted molar refractivity (Wildman–Crippen MR) is 80.7 cm³/mol. The van der Waals surface area contributed by atoms with Crippen molar-refractivity contribution >= 4 is 50.5 Å². The highest BCUT2D eigenvalue weighted by Gasteiger charge is 2.11. The van der Waals surface area contributed by atoms with Crippen LogP contribution in [0, 0.1) is 6.92 Å². The summed E-state index contributed by atoms with van der Waals surface area (Å²) in [4.78, 5) is 12.7. The van der Waals surface area contributed by atoms with E-state index in [0.29, 0.717) is 10.8 Å². The highest BCUT2D eigenvalue weighted by Crippen LogP contribution is 2.27. The molecule has 2 aromatic rings. The smallest absolute Gasteiger partial charge is 0.265 e. The molecule has 0 fully saturated rings. The maximum atomic E-state index is 12.0. The number of hydrogen-bond donors (Lipinski definition) is 1. The van der Waals surface area contributed by atoms with Gasteiger partial charge in [0, 0.05) is 11.6 Å². The van der Waals surface area contributed by atoms with E-state index in [-0.39, 0.29) is 5.91 Å². The monoisotopic (exact) mass is 343 g/mol. The van der Waals surface area contributed by atoms with Crippen LogP contribution in [0.1, 0.15) is 20.8 Å². The topological polar surface area (TPSA) is 29.1 Å². The van der Waals surface area contributed by atoms with E-state index in [1.807, 2.05) is 37.3 Å². The normalized spacial score (nSPS) is 10.4. The number of amides is 1. The van der Waals surface area contributed by atoms with Crippen molar-refractivity contribution in [3.8, 4) is 0 Å². The maximum Gasteiger partial charge on any atom is 0.265 e. The first-order valence-corrected chi connectivity index (χ1v) is 7.46. The van der Waals surface area contributed by atoms with Crippen molar-refractivity contribution in [3.05, 3.63) is 50.1 Å². The average Bonchev–Trinajstić information content (AvgIpc) is 2.71. The molecule has 1 aromatic heterocycles. The molecule has 0 aliphatic heterocycles. The number of anilines is 1. The molecule has 0 atom stereocenters. The van der Waals surface area contributed by atoms with Crippen LogP contribution < -0.4 is 5.32 Å². The first-order valence-electron chi connectivity index (χ1n) is 5.32. The first kappa shape index (κ1) is 13.6. The van der Waals surface area contributed by atoms with E-state index in [9.17, 15) is 4.79 Å². The van der Waals surface area contributed by atoms with Crippen LogP contribution in [-0.2, 0) is 5.88 Å². The third-order valence-electron chi connectivity index (χ3n) is 2.45. The zero-order chi connectivity index (χ0) is 13.1. The van der Waals surface area contributed by atoms with Crippen molar-refractivity contribution < 1.29 is 4.79 Å². The fraction of sp³-hybridized carbons (Fsp3) is 0.154. The number of alkyl halides is 1. The zero-order valence-electron chi connectivity index (χ0n) is 9.67. The number of rotatable bonds is 3. The lowest BCUT2D eigenvalue weighted by atomic mass is 10.2. The third-order valence-corrected chi connectivity index (χ3v) is 4.89. The molecule has 94 valence electrons. The molecule has 18 heavy (non-hydrogen) atoms. The Morgan fingerprint density at radius 3 is 2.56 bits per heavy atom. The van der Waals surface area contributed by atoms with Gasteiger partial charge in [-0.25, -0.2) is 0 Å². The van der Waals surface area contributed by atoms with E-state index in [4.69, 9.17) is 11.6 Å². The van der Waals surface area contributed by atoms with E-state index < -0.39 is 0 Å². The number of halogens is 2. The fourth-order valence-electron chi connectivity index (χ4n) is 1.44. The lowest BCUT2D eigenvalue weighted by molar-refractivity contribution is 0.103. The van der Waals surface area contributed by atoms with Crippen LogP contribution in [0.3, 0.4) is 0 Å². The average molecular weight is 345 g/mol. The standard InChI is InChI=1S/C13H11BrClNOS/c1-8-6-11(18-12(8)14)13(17)16-10-4-2-9(7-15)3-5-10/h2-6H,7H2,1H3,(H,16,17). The number of hydrogen-bond acceptors (Lipinski definition) is 2. The van der Waals surface area contributed by atoms with Crippen LogP contribution >= 0.6 is 38.9 Å². The lowest BCUT2D eigenvalue weighted by Crippen LogP contribution is -2.09. The number of carbonyl (C=O) groups excluding carboxylic acids is 1. The van der Waals surface area contributed by atoms with Crippen molar-refractivity contribution in [1.29, 1.82) is 0 Å². The molecule has 0 aliphatic rings. The van der Waals surface area contributed by atoms with Gasteiger partial charge in [0.25, 0.3) is 5.91 Å². The van der Waals surface area contributed by atoms with Crippen LogP contribution in [0.2, 0.25) is 0 Å². The molecule has 1 heterocycles. The molecule has 0 radical (unpaired) electrons. The SMILES string of the molecule is Cc1cc(C(=O)Nc2ccc(CCl)cc2)sc1Br. The molecule has 2 nitrogen and oxygen atoms in total. The molecule has 0 saturated heterocycles. The highest BCUT2D eigenvalue weighted by molar-refractivity contribution is 9.11. The molecule has 0 spiro atoms. The minimum atomic E-state index is -0.0903. The molecule has 5 heteroatoms. The summed E-state index contributed by atoms with van der Waals surface area (Å²) in [6.07, 6.45) is 0. The van der Waals surface area contributed by atoms with E-state index in [1.165, 1.54) is 11.3 Å². The summed E-state index contributed by atoms with van der Waals surface area (Å²) in [7, 11) is 0. The van der Waals surface area contributed by atoms with Crippen LogP contribution in [0.15, 0.2) is 34.1 Å². The van der Waals surface area contributed by atoms with Gasteiger partial charge < -0.3 is 5.32 Å². The molecular formula is C13H11BrClNOS. The number of aryl methyl sites for hydroxylation is 1. The summed E-state index contributed by atoms with van der Waals surface area (Å²) in [6, 6.07) is 9.38. The van der Waals surface area contributed by atoms with E-state index >= 15 is 0 Å². The molecule has 0 unspecified atom stereocenters. The Morgan fingerprint density at radius 2 is 2.06 bits per heavy atom. The second-order valence-corrected chi connectivity index (χ2v) is 6.49. The lowest BCUT2D eigenvalue weighted by Gasteiger charge is -2.04. The maximum absolute atomic E-state index is 12.0. The van der Waals surface area contributed by atoms with Gasteiger partial charge in [-0.1, -0.05) is 12.1 Å². The molecule has 1 amide bonds. The second-order valence-electron chi connectivity index (χ2n) is 3.85. The number of carbonyl (C=O) groups is 1. The molecular weight excluding hydrogens is 334 g/mol. The Labute approximate surface area is 123 Å². The Bertz CT molecular complexity index is 545. The van der Waals surface area contributed by atoms with E-state index in [1.54, 1.807) is 0 Å². The Kier molecular flexibility index (Phi) is 4.43. The van der Waals surface area contributed by atoms with Gasteiger partial charge in [0.15, 0.2) is 0 Å². The summed E-state index contributed by atoms with van der Waals surface area (Å²) >= 11 is 10.6. The molecule has 0 bridgehead atoms. The van der Waals surface area contributed by atoms with E-state index in [2.05, 4.69) is 21.2 Å². The fourth-order valence-corrected chi connectivity index (χ4v) is 3.05. The number of benzene rings is 1. The van der Waals surface area contributed by atoms with Gasteiger partial charge in [-0.2, -0.15) is 0 Å². The second kappa shape index (κ2) is 5.87. The molecule has 1 N–H and O–H groups in total. The highest BCUT2D eigenvalue weighted by atomic mass is 79.9. The Morgan fingerprint density at radius 1 is 1.39 bits per heavy atom. The summed E-state index contributed by atoms with van der Waals surface area (Å²) < 4.78 is 0.991. The van der Waals surface area contributed by atoms with Gasteiger partial charge in [-0.15, -0.1) is 22.9 Å². The summed E-state index contributed by atoms with van der Waals surface area (Å²) in [5.41, 5.74) is 2.88. The Balaban J connectivity index is 2.10. The van der Waals surface area contributed by atoms with Gasteiger partial charge in [0.05, 0.1) is 8.66 Å².